The first-order valence-electron chi connectivity index (χ1n) is 12.3. The van der Waals surface area contributed by atoms with E-state index < -0.39 is 10.0 Å². The van der Waals surface area contributed by atoms with Crippen molar-refractivity contribution in [2.75, 3.05) is 55.6 Å². The Morgan fingerprint density at radius 2 is 1.59 bits per heavy atom. The number of fused-ring (bicyclic) bond motifs is 1. The highest BCUT2D eigenvalue weighted by Crippen LogP contribution is 2.32. The van der Waals surface area contributed by atoms with Crippen LogP contribution in [-0.2, 0) is 16.4 Å². The number of sulfonamides is 1. The summed E-state index contributed by atoms with van der Waals surface area (Å²) in [6.45, 7) is 13.7. The summed E-state index contributed by atoms with van der Waals surface area (Å²) in [5, 5.41) is 0. The van der Waals surface area contributed by atoms with Crippen LogP contribution in [0.2, 0.25) is 0 Å². The van der Waals surface area contributed by atoms with Crippen LogP contribution in [-0.4, -0.2) is 75.4 Å². The van der Waals surface area contributed by atoms with Crippen molar-refractivity contribution < 1.29 is 13.2 Å². The maximum Gasteiger partial charge on any atom is 0.258 e. The van der Waals surface area contributed by atoms with Gasteiger partial charge in [-0.1, -0.05) is 13.8 Å². The third kappa shape index (κ3) is 4.72. The van der Waals surface area contributed by atoms with Crippen molar-refractivity contribution in [2.45, 2.75) is 45.1 Å². The van der Waals surface area contributed by atoms with E-state index in [0.29, 0.717) is 42.6 Å². The van der Waals surface area contributed by atoms with Crippen LogP contribution in [0, 0.1) is 0 Å². The van der Waals surface area contributed by atoms with Crippen molar-refractivity contribution in [1.82, 2.24) is 9.21 Å². The molecule has 0 aliphatic carbocycles. The minimum absolute atomic E-state index is 0.0470. The van der Waals surface area contributed by atoms with Gasteiger partial charge < -0.3 is 9.80 Å². The normalized spacial score (nSPS) is 17.0. The smallest absolute Gasteiger partial charge is 0.258 e. The van der Waals surface area contributed by atoms with Gasteiger partial charge in [-0.05, 0) is 68.3 Å². The van der Waals surface area contributed by atoms with Gasteiger partial charge in [-0.3, -0.25) is 9.69 Å². The van der Waals surface area contributed by atoms with Crippen LogP contribution in [0.4, 0.5) is 11.4 Å². The third-order valence-electron chi connectivity index (χ3n) is 7.06. The van der Waals surface area contributed by atoms with Crippen molar-refractivity contribution in [2.24, 2.45) is 0 Å². The summed E-state index contributed by atoms with van der Waals surface area (Å²) in [5.41, 5.74) is 3.50. The Labute approximate surface area is 204 Å². The van der Waals surface area contributed by atoms with Gasteiger partial charge in [0, 0.05) is 68.8 Å². The highest BCUT2D eigenvalue weighted by molar-refractivity contribution is 7.89. The minimum Gasteiger partial charge on any atom is -0.369 e. The first-order valence-corrected chi connectivity index (χ1v) is 13.7. The lowest BCUT2D eigenvalue weighted by Gasteiger charge is -2.38. The Morgan fingerprint density at radius 1 is 0.941 bits per heavy atom. The summed E-state index contributed by atoms with van der Waals surface area (Å²) in [6.07, 6.45) is 0.654. The second kappa shape index (κ2) is 10.1. The molecule has 4 rings (SSSR count). The molecule has 34 heavy (non-hydrogen) atoms. The lowest BCUT2D eigenvalue weighted by molar-refractivity contribution is 0.0989. The maximum absolute atomic E-state index is 13.3. The van der Waals surface area contributed by atoms with Crippen molar-refractivity contribution in [3.63, 3.8) is 0 Å². The molecule has 1 amide bonds. The van der Waals surface area contributed by atoms with Crippen LogP contribution >= 0.6 is 0 Å². The molecule has 8 heteroatoms. The first-order chi connectivity index (χ1) is 16.3. The van der Waals surface area contributed by atoms with E-state index >= 15 is 0 Å². The van der Waals surface area contributed by atoms with Gasteiger partial charge in [-0.25, -0.2) is 8.42 Å². The number of anilines is 2. The second-order valence-electron chi connectivity index (χ2n) is 9.25. The quantitative estimate of drug-likeness (QED) is 0.602. The van der Waals surface area contributed by atoms with Crippen molar-refractivity contribution in [3.05, 3.63) is 53.6 Å². The van der Waals surface area contributed by atoms with Gasteiger partial charge in [-0.15, -0.1) is 0 Å². The number of benzene rings is 2. The molecule has 2 aromatic rings. The number of carbonyl (C=O) groups is 1. The number of hydrogen-bond acceptors (Lipinski definition) is 5. The Bertz CT molecular complexity index is 1120. The van der Waals surface area contributed by atoms with Crippen molar-refractivity contribution in [1.29, 1.82) is 0 Å². The summed E-state index contributed by atoms with van der Waals surface area (Å²) in [7, 11) is -3.51. The van der Waals surface area contributed by atoms with E-state index in [2.05, 4.69) is 23.6 Å². The van der Waals surface area contributed by atoms with E-state index in [1.54, 1.807) is 23.1 Å². The van der Waals surface area contributed by atoms with Gasteiger partial charge >= 0.3 is 0 Å². The number of carbonyl (C=O) groups excluding carboxylic acids is 1. The zero-order valence-electron chi connectivity index (χ0n) is 20.7. The summed E-state index contributed by atoms with van der Waals surface area (Å²) >= 11 is 0. The molecule has 0 spiro atoms. The number of rotatable bonds is 7. The number of nitrogens with zero attached hydrogens (tertiary/aromatic N) is 4. The molecule has 2 aliphatic heterocycles. The van der Waals surface area contributed by atoms with Gasteiger partial charge in [0.05, 0.1) is 4.90 Å². The molecule has 2 aliphatic rings. The number of piperazine rings is 1. The van der Waals surface area contributed by atoms with E-state index in [1.165, 1.54) is 4.31 Å². The van der Waals surface area contributed by atoms with E-state index in [4.69, 9.17) is 0 Å². The topological polar surface area (TPSA) is 64.2 Å². The van der Waals surface area contributed by atoms with E-state index in [9.17, 15) is 13.2 Å². The second-order valence-corrected chi connectivity index (χ2v) is 11.2. The molecule has 2 heterocycles. The Balaban J connectivity index is 1.47. The van der Waals surface area contributed by atoms with E-state index in [1.807, 2.05) is 38.1 Å². The molecule has 0 radical (unpaired) electrons. The fraction of sp³-hybridized carbons (Fsp3) is 0.500. The van der Waals surface area contributed by atoms with E-state index in [-0.39, 0.29) is 5.91 Å². The fourth-order valence-corrected chi connectivity index (χ4v) is 6.44. The highest BCUT2D eigenvalue weighted by Gasteiger charge is 2.29. The molecule has 0 unspecified atom stereocenters. The van der Waals surface area contributed by atoms with Crippen molar-refractivity contribution >= 4 is 27.3 Å². The molecule has 0 N–H and O–H groups in total. The van der Waals surface area contributed by atoms with Gasteiger partial charge in [0.15, 0.2) is 0 Å². The van der Waals surface area contributed by atoms with Crippen LogP contribution in [0.5, 0.6) is 0 Å². The molecule has 0 atom stereocenters. The summed E-state index contributed by atoms with van der Waals surface area (Å²) in [5.74, 6) is -0.0470. The first kappa shape index (κ1) is 24.7. The van der Waals surface area contributed by atoms with Gasteiger partial charge in [0.1, 0.15) is 0 Å². The van der Waals surface area contributed by atoms with Gasteiger partial charge in [0.25, 0.3) is 5.91 Å². The molecule has 0 saturated carbocycles. The Hall–Kier alpha value is -2.42. The predicted molar refractivity (Wildman–Crippen MR) is 137 cm³/mol. The zero-order valence-corrected chi connectivity index (χ0v) is 21.5. The van der Waals surface area contributed by atoms with Crippen LogP contribution in [0.3, 0.4) is 0 Å². The van der Waals surface area contributed by atoms with Crippen LogP contribution in [0.25, 0.3) is 0 Å². The molecule has 7 nitrogen and oxygen atoms in total. The highest BCUT2D eigenvalue weighted by atomic mass is 32.2. The number of hydrogen-bond donors (Lipinski definition) is 0. The average molecular weight is 485 g/mol. The van der Waals surface area contributed by atoms with Crippen LogP contribution < -0.4 is 9.80 Å². The molecule has 1 saturated heterocycles. The predicted octanol–water partition coefficient (Wildman–Crippen LogP) is 3.45. The standard InChI is InChI=1S/C26H36N4O3S/c1-5-29(6-2)34(32,33)24-11-12-25-22(19-24)13-14-30(25)26(31)21-7-9-23(10-8-21)28-17-15-27(16-18-28)20(3)4/h7-12,19-20H,5-6,13-18H2,1-4H3. The van der Waals surface area contributed by atoms with Gasteiger partial charge in [0.2, 0.25) is 10.0 Å². The van der Waals surface area contributed by atoms with Crippen LogP contribution in [0.15, 0.2) is 47.4 Å². The molecule has 1 fully saturated rings. The lowest BCUT2D eigenvalue weighted by atomic mass is 10.1. The summed E-state index contributed by atoms with van der Waals surface area (Å²) in [4.78, 5) is 20.2. The molecular weight excluding hydrogens is 448 g/mol. The third-order valence-corrected chi connectivity index (χ3v) is 9.10. The lowest BCUT2D eigenvalue weighted by Crippen LogP contribution is -2.48. The van der Waals surface area contributed by atoms with E-state index in [0.717, 1.165) is 43.1 Å². The zero-order chi connectivity index (χ0) is 24.5. The van der Waals surface area contributed by atoms with Crippen molar-refractivity contribution in [3.8, 4) is 0 Å². The Kier molecular flexibility index (Phi) is 7.31. The summed E-state index contributed by atoms with van der Waals surface area (Å²) in [6, 6.07) is 13.6. The maximum atomic E-state index is 13.3. The SMILES string of the molecule is CCN(CC)S(=O)(=O)c1ccc2c(c1)CCN2C(=O)c1ccc(N2CCN(C(C)C)CC2)cc1. The Morgan fingerprint density at radius 3 is 2.18 bits per heavy atom. The monoisotopic (exact) mass is 484 g/mol. The van der Waals surface area contributed by atoms with Gasteiger partial charge in [-0.2, -0.15) is 4.31 Å². The minimum atomic E-state index is -3.51. The summed E-state index contributed by atoms with van der Waals surface area (Å²) < 4.78 is 27.2. The molecular formula is C26H36N4O3S. The fourth-order valence-electron chi connectivity index (χ4n) is 4.93. The number of amides is 1. The largest absolute Gasteiger partial charge is 0.369 e. The van der Waals surface area contributed by atoms with Crippen LogP contribution in [0.1, 0.15) is 43.6 Å². The molecule has 0 bridgehead atoms. The average Bonchev–Trinajstić information content (AvgIpc) is 3.28. The molecule has 2 aromatic carbocycles. The molecule has 0 aromatic heterocycles. The molecule has 184 valence electrons.